The first kappa shape index (κ1) is 23.9. The Morgan fingerprint density at radius 1 is 1.11 bits per heavy atom. The number of benzene rings is 1. The van der Waals surface area contributed by atoms with Crippen LogP contribution in [0.4, 0.5) is 11.4 Å². The molecule has 0 aliphatic carbocycles. The van der Waals surface area contributed by atoms with Gasteiger partial charge in [-0.2, -0.15) is 0 Å². The average molecular weight is 394 g/mol. The Labute approximate surface area is 168 Å². The average Bonchev–Trinajstić information content (AvgIpc) is 2.58. The van der Waals surface area contributed by atoms with E-state index in [-0.39, 0.29) is 28.9 Å². The molecule has 7 heteroatoms. The van der Waals surface area contributed by atoms with E-state index in [1.807, 2.05) is 31.1 Å². The molecule has 1 unspecified atom stereocenters. The molecule has 1 atom stereocenters. The van der Waals surface area contributed by atoms with Crippen LogP contribution in [-0.2, 0) is 9.53 Å². The van der Waals surface area contributed by atoms with Crippen LogP contribution in [0.1, 0.15) is 45.6 Å². The molecule has 1 rings (SSSR count). The van der Waals surface area contributed by atoms with Crippen molar-refractivity contribution in [3.8, 4) is 0 Å². The topological polar surface area (TPSA) is 75.9 Å². The van der Waals surface area contributed by atoms with Gasteiger partial charge >= 0.3 is 5.97 Å². The van der Waals surface area contributed by atoms with Crippen LogP contribution in [-0.4, -0.2) is 56.6 Å². The summed E-state index contributed by atoms with van der Waals surface area (Å²) >= 11 is 0. The van der Waals surface area contributed by atoms with Crippen molar-refractivity contribution in [2.24, 2.45) is 11.8 Å². The first-order chi connectivity index (χ1) is 13.0. The lowest BCUT2D eigenvalue weighted by atomic mass is 9.94. The van der Waals surface area contributed by atoms with Crippen LogP contribution in [0.5, 0.6) is 0 Å². The van der Waals surface area contributed by atoms with E-state index in [2.05, 4.69) is 32.6 Å². The van der Waals surface area contributed by atoms with Crippen molar-refractivity contribution in [3.63, 3.8) is 0 Å². The van der Waals surface area contributed by atoms with Crippen LogP contribution in [0.25, 0.3) is 0 Å². The minimum absolute atomic E-state index is 0.0902. The Balaban J connectivity index is 3.35. The van der Waals surface area contributed by atoms with Gasteiger partial charge < -0.3 is 14.5 Å². The van der Waals surface area contributed by atoms with Gasteiger partial charge in [-0.15, -0.1) is 0 Å². The number of nitro benzene ring substituents is 1. The standard InChI is InChI=1S/C21H35N3O4/c1-15(2)12-23(13-16(3)4)19-9-8-17(10-20(19)24(26)27)18(14-22(5)6)11-21(25)28-7/h8-10,15-16,18H,11-14H2,1-7H3. The second-order valence-electron chi connectivity index (χ2n) is 8.44. The van der Waals surface area contributed by atoms with Crippen molar-refractivity contribution in [2.75, 3.05) is 45.7 Å². The van der Waals surface area contributed by atoms with Crippen LogP contribution in [0, 0.1) is 22.0 Å². The predicted molar refractivity (Wildman–Crippen MR) is 113 cm³/mol. The molecule has 0 N–H and O–H groups in total. The van der Waals surface area contributed by atoms with Gasteiger partial charge in [0.05, 0.1) is 18.5 Å². The molecule has 1 aromatic rings. The molecule has 0 radical (unpaired) electrons. The van der Waals surface area contributed by atoms with Gasteiger partial charge in [0.15, 0.2) is 0 Å². The fourth-order valence-corrected chi connectivity index (χ4v) is 3.37. The normalized spacial score (nSPS) is 12.5. The van der Waals surface area contributed by atoms with Crippen LogP contribution in [0.3, 0.4) is 0 Å². The summed E-state index contributed by atoms with van der Waals surface area (Å²) in [7, 11) is 5.19. The minimum atomic E-state index is -0.322. The second kappa shape index (κ2) is 11.0. The van der Waals surface area contributed by atoms with Crippen molar-refractivity contribution in [1.29, 1.82) is 0 Å². The number of ether oxygens (including phenoxy) is 1. The molecular formula is C21H35N3O4. The summed E-state index contributed by atoms with van der Waals surface area (Å²) in [5.74, 6) is 0.288. The third-order valence-electron chi connectivity index (χ3n) is 4.41. The summed E-state index contributed by atoms with van der Waals surface area (Å²) in [5, 5.41) is 11.9. The maximum atomic E-state index is 11.9. The van der Waals surface area contributed by atoms with Gasteiger partial charge in [-0.25, -0.2) is 0 Å². The molecule has 28 heavy (non-hydrogen) atoms. The van der Waals surface area contributed by atoms with E-state index < -0.39 is 0 Å². The quantitative estimate of drug-likeness (QED) is 0.322. The van der Waals surface area contributed by atoms with Crippen LogP contribution < -0.4 is 4.90 Å². The van der Waals surface area contributed by atoms with Gasteiger partial charge in [-0.05, 0) is 37.6 Å². The molecule has 0 bridgehead atoms. The number of esters is 1. The first-order valence-corrected chi connectivity index (χ1v) is 9.79. The van der Waals surface area contributed by atoms with Crippen molar-refractivity contribution in [1.82, 2.24) is 4.90 Å². The molecular weight excluding hydrogens is 358 g/mol. The van der Waals surface area contributed by atoms with E-state index in [0.717, 1.165) is 18.7 Å². The molecule has 0 heterocycles. The molecule has 0 saturated carbocycles. The number of methoxy groups -OCH3 is 1. The molecule has 0 aliphatic heterocycles. The fraction of sp³-hybridized carbons (Fsp3) is 0.667. The van der Waals surface area contributed by atoms with Gasteiger partial charge in [-0.3, -0.25) is 14.9 Å². The van der Waals surface area contributed by atoms with E-state index in [1.165, 1.54) is 7.11 Å². The number of carbonyl (C=O) groups excluding carboxylic acids is 1. The summed E-state index contributed by atoms with van der Waals surface area (Å²) in [6.07, 6.45) is 0.187. The highest BCUT2D eigenvalue weighted by Gasteiger charge is 2.25. The highest BCUT2D eigenvalue weighted by atomic mass is 16.6. The molecule has 0 aromatic heterocycles. The van der Waals surface area contributed by atoms with E-state index in [9.17, 15) is 14.9 Å². The lowest BCUT2D eigenvalue weighted by Crippen LogP contribution is -2.32. The van der Waals surface area contributed by atoms with Crippen LogP contribution in [0.2, 0.25) is 0 Å². The maximum absolute atomic E-state index is 11.9. The monoisotopic (exact) mass is 393 g/mol. The number of nitro groups is 1. The van der Waals surface area contributed by atoms with Crippen LogP contribution >= 0.6 is 0 Å². The molecule has 0 saturated heterocycles. The summed E-state index contributed by atoms with van der Waals surface area (Å²) in [6, 6.07) is 5.37. The largest absolute Gasteiger partial charge is 0.469 e. The Hall–Kier alpha value is -2.15. The van der Waals surface area contributed by atoms with Gasteiger partial charge in [0.1, 0.15) is 5.69 Å². The zero-order valence-corrected chi connectivity index (χ0v) is 18.3. The van der Waals surface area contributed by atoms with Crippen molar-refractivity contribution in [2.45, 2.75) is 40.0 Å². The zero-order chi connectivity index (χ0) is 21.4. The van der Waals surface area contributed by atoms with Gasteiger partial charge in [0.25, 0.3) is 5.69 Å². The molecule has 7 nitrogen and oxygen atoms in total. The molecule has 0 spiro atoms. The molecule has 158 valence electrons. The van der Waals surface area contributed by atoms with Crippen molar-refractivity contribution < 1.29 is 14.5 Å². The summed E-state index contributed by atoms with van der Waals surface area (Å²) < 4.78 is 4.81. The number of anilines is 1. The maximum Gasteiger partial charge on any atom is 0.306 e. The lowest BCUT2D eigenvalue weighted by Gasteiger charge is -2.29. The first-order valence-electron chi connectivity index (χ1n) is 9.79. The summed E-state index contributed by atoms with van der Waals surface area (Å²) in [6.45, 7) is 10.5. The van der Waals surface area contributed by atoms with Crippen LogP contribution in [0.15, 0.2) is 18.2 Å². The number of carbonyl (C=O) groups is 1. The predicted octanol–water partition coefficient (Wildman–Crippen LogP) is 3.92. The minimum Gasteiger partial charge on any atom is -0.469 e. The van der Waals surface area contributed by atoms with Crippen molar-refractivity contribution >= 4 is 17.3 Å². The number of nitrogens with zero attached hydrogens (tertiary/aromatic N) is 3. The molecule has 1 aromatic carbocycles. The Morgan fingerprint density at radius 2 is 1.68 bits per heavy atom. The van der Waals surface area contributed by atoms with E-state index in [4.69, 9.17) is 4.74 Å². The Morgan fingerprint density at radius 3 is 2.11 bits per heavy atom. The Bertz CT molecular complexity index is 649. The van der Waals surface area contributed by atoms with Crippen molar-refractivity contribution in [3.05, 3.63) is 33.9 Å². The number of hydrogen-bond acceptors (Lipinski definition) is 6. The van der Waals surface area contributed by atoms with Gasteiger partial charge in [0, 0.05) is 31.6 Å². The number of likely N-dealkylation sites (N-methyl/N-ethyl adjacent to an activating group) is 1. The third kappa shape index (κ3) is 7.46. The molecule has 0 amide bonds. The van der Waals surface area contributed by atoms with E-state index in [1.54, 1.807) is 6.07 Å². The highest BCUT2D eigenvalue weighted by Crippen LogP contribution is 2.34. The fourth-order valence-electron chi connectivity index (χ4n) is 3.37. The lowest BCUT2D eigenvalue weighted by molar-refractivity contribution is -0.384. The number of hydrogen-bond donors (Lipinski definition) is 0. The third-order valence-corrected chi connectivity index (χ3v) is 4.41. The number of rotatable bonds is 11. The zero-order valence-electron chi connectivity index (χ0n) is 18.3. The SMILES string of the molecule is COC(=O)CC(CN(C)C)c1ccc(N(CC(C)C)CC(C)C)c([N+](=O)[O-])c1. The van der Waals surface area contributed by atoms with Gasteiger partial charge in [0.2, 0.25) is 0 Å². The van der Waals surface area contributed by atoms with Gasteiger partial charge in [-0.1, -0.05) is 33.8 Å². The Kier molecular flexibility index (Phi) is 9.38. The summed E-state index contributed by atoms with van der Waals surface area (Å²) in [4.78, 5) is 27.4. The highest BCUT2D eigenvalue weighted by molar-refractivity contribution is 5.71. The summed E-state index contributed by atoms with van der Waals surface area (Å²) in [5.41, 5.74) is 1.51. The molecule has 0 fully saturated rings. The second-order valence-corrected chi connectivity index (χ2v) is 8.44. The smallest absolute Gasteiger partial charge is 0.306 e. The molecule has 0 aliphatic rings. The van der Waals surface area contributed by atoms with E-state index >= 15 is 0 Å². The van der Waals surface area contributed by atoms with E-state index in [0.29, 0.717) is 24.1 Å².